The summed E-state index contributed by atoms with van der Waals surface area (Å²) in [6, 6.07) is 0.595. The summed E-state index contributed by atoms with van der Waals surface area (Å²) in [5.41, 5.74) is 1.16. The Morgan fingerprint density at radius 2 is 2.38 bits per heavy atom. The average molecular weight is 197 g/mol. The second kappa shape index (κ2) is 3.74. The summed E-state index contributed by atoms with van der Waals surface area (Å²) in [7, 11) is 0. The van der Waals surface area contributed by atoms with E-state index in [1.54, 1.807) is 6.08 Å². The lowest BCUT2D eigenvalue weighted by Crippen LogP contribution is -2.27. The molecule has 1 heterocycles. The molecule has 0 bridgehead atoms. The maximum atomic E-state index is 11.0. The van der Waals surface area contributed by atoms with E-state index in [0.717, 1.165) is 17.4 Å². The molecule has 2 nitrogen and oxygen atoms in total. The SMILES string of the molecule is CC1CC(NC2=CC(=O)CC2)CS1. The summed E-state index contributed by atoms with van der Waals surface area (Å²) >= 11 is 2.01. The highest BCUT2D eigenvalue weighted by Gasteiger charge is 2.23. The van der Waals surface area contributed by atoms with Crippen LogP contribution in [0.1, 0.15) is 26.2 Å². The van der Waals surface area contributed by atoms with Gasteiger partial charge in [0.2, 0.25) is 0 Å². The molecule has 3 heteroatoms. The van der Waals surface area contributed by atoms with Gasteiger partial charge < -0.3 is 5.32 Å². The number of carbonyl (C=O) groups is 1. The number of allylic oxidation sites excluding steroid dienone is 2. The van der Waals surface area contributed by atoms with Crippen molar-refractivity contribution in [1.82, 2.24) is 5.32 Å². The second-order valence-electron chi connectivity index (χ2n) is 3.86. The molecule has 0 spiro atoms. The molecule has 0 radical (unpaired) electrons. The number of nitrogens with one attached hydrogen (secondary N) is 1. The lowest BCUT2D eigenvalue weighted by atomic mass is 10.2. The Kier molecular flexibility index (Phi) is 2.63. The summed E-state index contributed by atoms with van der Waals surface area (Å²) in [6.45, 7) is 2.26. The van der Waals surface area contributed by atoms with E-state index in [2.05, 4.69) is 12.2 Å². The fourth-order valence-corrected chi connectivity index (χ4v) is 3.04. The molecule has 2 atom stereocenters. The zero-order valence-corrected chi connectivity index (χ0v) is 8.69. The first-order valence-electron chi connectivity index (χ1n) is 4.85. The molecular formula is C10H15NOS. The van der Waals surface area contributed by atoms with Gasteiger partial charge >= 0.3 is 0 Å². The molecule has 1 fully saturated rings. The van der Waals surface area contributed by atoms with Crippen molar-refractivity contribution in [3.05, 3.63) is 11.8 Å². The van der Waals surface area contributed by atoms with Crippen LogP contribution in [0.5, 0.6) is 0 Å². The van der Waals surface area contributed by atoms with E-state index in [9.17, 15) is 4.79 Å². The van der Waals surface area contributed by atoms with Crippen molar-refractivity contribution in [2.45, 2.75) is 37.5 Å². The van der Waals surface area contributed by atoms with Crippen LogP contribution < -0.4 is 5.32 Å². The fourth-order valence-electron chi connectivity index (χ4n) is 1.89. The van der Waals surface area contributed by atoms with Crippen LogP contribution in [0.4, 0.5) is 0 Å². The molecule has 0 saturated carbocycles. The van der Waals surface area contributed by atoms with Crippen molar-refractivity contribution in [2.75, 3.05) is 5.75 Å². The zero-order chi connectivity index (χ0) is 9.26. The van der Waals surface area contributed by atoms with Crippen LogP contribution in [-0.2, 0) is 4.79 Å². The summed E-state index contributed by atoms with van der Waals surface area (Å²) in [4.78, 5) is 11.0. The minimum atomic E-state index is 0.279. The molecule has 2 aliphatic rings. The topological polar surface area (TPSA) is 29.1 Å². The van der Waals surface area contributed by atoms with Gasteiger partial charge in [0.05, 0.1) is 0 Å². The van der Waals surface area contributed by atoms with Crippen molar-refractivity contribution < 1.29 is 4.79 Å². The van der Waals surface area contributed by atoms with Crippen LogP contribution in [0.15, 0.2) is 11.8 Å². The Hall–Kier alpha value is -0.440. The van der Waals surface area contributed by atoms with Gasteiger partial charge in [0.1, 0.15) is 0 Å². The Labute approximate surface area is 83.2 Å². The number of hydrogen-bond acceptors (Lipinski definition) is 3. The number of ketones is 1. The smallest absolute Gasteiger partial charge is 0.157 e. The molecule has 0 amide bonds. The van der Waals surface area contributed by atoms with Crippen molar-refractivity contribution in [1.29, 1.82) is 0 Å². The van der Waals surface area contributed by atoms with E-state index in [-0.39, 0.29) is 5.78 Å². The van der Waals surface area contributed by atoms with Crippen LogP contribution in [0.2, 0.25) is 0 Å². The van der Waals surface area contributed by atoms with Gasteiger partial charge in [-0.25, -0.2) is 0 Å². The molecular weight excluding hydrogens is 182 g/mol. The minimum absolute atomic E-state index is 0.279. The summed E-state index contributed by atoms with van der Waals surface area (Å²) in [5, 5.41) is 4.23. The third-order valence-electron chi connectivity index (χ3n) is 2.56. The Morgan fingerprint density at radius 3 is 2.92 bits per heavy atom. The Bertz CT molecular complexity index is 249. The predicted octanol–water partition coefficient (Wildman–Crippen LogP) is 1.72. The van der Waals surface area contributed by atoms with Gasteiger partial charge in [-0.2, -0.15) is 11.8 Å². The van der Waals surface area contributed by atoms with Gasteiger partial charge in [0.25, 0.3) is 0 Å². The van der Waals surface area contributed by atoms with Gasteiger partial charge in [0, 0.05) is 35.2 Å². The minimum Gasteiger partial charge on any atom is -0.385 e. The van der Waals surface area contributed by atoms with Gasteiger partial charge in [-0.05, 0) is 12.8 Å². The lowest BCUT2D eigenvalue weighted by molar-refractivity contribution is -0.114. The molecule has 0 aromatic carbocycles. The molecule has 1 N–H and O–H groups in total. The maximum absolute atomic E-state index is 11.0. The molecule has 0 aromatic rings. The molecule has 1 aliphatic carbocycles. The van der Waals surface area contributed by atoms with Crippen molar-refractivity contribution in [3.63, 3.8) is 0 Å². The number of thioether (sulfide) groups is 1. The number of carbonyl (C=O) groups excluding carboxylic acids is 1. The monoisotopic (exact) mass is 197 g/mol. The lowest BCUT2D eigenvalue weighted by Gasteiger charge is -2.13. The third-order valence-corrected chi connectivity index (χ3v) is 3.92. The normalized spacial score (nSPS) is 33.6. The highest BCUT2D eigenvalue weighted by molar-refractivity contribution is 8.00. The molecule has 2 unspecified atom stereocenters. The average Bonchev–Trinajstić information content (AvgIpc) is 2.62. The van der Waals surface area contributed by atoms with Crippen LogP contribution in [0.25, 0.3) is 0 Å². The molecule has 13 heavy (non-hydrogen) atoms. The van der Waals surface area contributed by atoms with Gasteiger partial charge in [-0.1, -0.05) is 6.92 Å². The van der Waals surface area contributed by atoms with Crippen molar-refractivity contribution in [2.24, 2.45) is 0 Å². The maximum Gasteiger partial charge on any atom is 0.157 e. The fraction of sp³-hybridized carbons (Fsp3) is 0.700. The molecule has 0 aromatic heterocycles. The molecule has 1 saturated heterocycles. The summed E-state index contributed by atoms with van der Waals surface area (Å²) in [5.74, 6) is 1.47. The van der Waals surface area contributed by atoms with Crippen molar-refractivity contribution in [3.8, 4) is 0 Å². The van der Waals surface area contributed by atoms with E-state index < -0.39 is 0 Å². The van der Waals surface area contributed by atoms with Gasteiger partial charge in [-0.3, -0.25) is 4.79 Å². The number of rotatable bonds is 2. The summed E-state index contributed by atoms with van der Waals surface area (Å²) < 4.78 is 0. The summed E-state index contributed by atoms with van der Waals surface area (Å²) in [6.07, 6.45) is 4.63. The van der Waals surface area contributed by atoms with E-state index >= 15 is 0 Å². The van der Waals surface area contributed by atoms with E-state index in [4.69, 9.17) is 0 Å². The molecule has 1 aliphatic heterocycles. The van der Waals surface area contributed by atoms with Crippen LogP contribution in [-0.4, -0.2) is 22.8 Å². The third kappa shape index (κ3) is 2.27. The van der Waals surface area contributed by atoms with Gasteiger partial charge in [-0.15, -0.1) is 0 Å². The first-order valence-corrected chi connectivity index (χ1v) is 5.90. The Balaban J connectivity index is 1.85. The van der Waals surface area contributed by atoms with Crippen LogP contribution >= 0.6 is 11.8 Å². The quantitative estimate of drug-likeness (QED) is 0.731. The van der Waals surface area contributed by atoms with Crippen LogP contribution in [0.3, 0.4) is 0 Å². The first kappa shape index (κ1) is 9.13. The van der Waals surface area contributed by atoms with Gasteiger partial charge in [0.15, 0.2) is 5.78 Å². The standard InChI is InChI=1S/C10H15NOS/c1-7-4-9(6-13-7)11-8-2-3-10(12)5-8/h5,7,9,11H,2-4,6H2,1H3. The zero-order valence-electron chi connectivity index (χ0n) is 7.88. The largest absolute Gasteiger partial charge is 0.385 e. The predicted molar refractivity (Wildman–Crippen MR) is 55.8 cm³/mol. The first-order chi connectivity index (χ1) is 6.24. The highest BCUT2D eigenvalue weighted by atomic mass is 32.2. The number of hydrogen-bond donors (Lipinski definition) is 1. The molecule has 72 valence electrons. The second-order valence-corrected chi connectivity index (χ2v) is 5.33. The van der Waals surface area contributed by atoms with E-state index in [1.165, 1.54) is 12.2 Å². The van der Waals surface area contributed by atoms with Crippen molar-refractivity contribution >= 4 is 17.5 Å². The van der Waals surface area contributed by atoms with Crippen LogP contribution in [0, 0.1) is 0 Å². The highest BCUT2D eigenvalue weighted by Crippen LogP contribution is 2.27. The van der Waals surface area contributed by atoms with E-state index in [0.29, 0.717) is 12.5 Å². The van der Waals surface area contributed by atoms with E-state index in [1.807, 2.05) is 11.8 Å². The Morgan fingerprint density at radius 1 is 1.54 bits per heavy atom. The molecule has 2 rings (SSSR count).